The number of hydrazone groups is 1. The number of nitrogens with one attached hydrogen (secondary N) is 2. The monoisotopic (exact) mass is 349 g/mol. The fourth-order valence-corrected chi connectivity index (χ4v) is 2.14. The van der Waals surface area contributed by atoms with Crippen LogP contribution < -0.4 is 10.9 Å². The first-order valence-electron chi connectivity index (χ1n) is 6.70. The van der Waals surface area contributed by atoms with E-state index in [2.05, 4.69) is 20.9 Å². The fourth-order valence-electron chi connectivity index (χ4n) is 1.86. The second kappa shape index (κ2) is 7.00. The molecule has 0 unspecified atom stereocenters. The minimum Gasteiger partial charge on any atom is -0.612 e. The molecule has 0 saturated heterocycles. The van der Waals surface area contributed by atoms with Crippen molar-refractivity contribution < 1.29 is 14.5 Å². The molecule has 1 aliphatic carbocycles. The van der Waals surface area contributed by atoms with Crippen LogP contribution >= 0.6 is 12.2 Å². The van der Waals surface area contributed by atoms with Gasteiger partial charge in [-0.25, -0.2) is 4.99 Å². The van der Waals surface area contributed by atoms with Crippen molar-refractivity contribution >= 4 is 46.3 Å². The lowest BCUT2D eigenvalue weighted by Crippen LogP contribution is -2.59. The molecule has 2 N–H and O–H groups in total. The summed E-state index contributed by atoms with van der Waals surface area (Å²) in [5.41, 5.74) is 5.63. The zero-order valence-electron chi connectivity index (χ0n) is 12.7. The van der Waals surface area contributed by atoms with Gasteiger partial charge in [-0.05, 0) is 31.3 Å². The van der Waals surface area contributed by atoms with E-state index in [0.717, 1.165) is 5.01 Å². The Bertz CT molecular complexity index is 730. The molecule has 1 atom stereocenters. The molecular formula is C13H13N6O4S-. The molecule has 24 heavy (non-hydrogen) atoms. The zero-order valence-corrected chi connectivity index (χ0v) is 13.5. The van der Waals surface area contributed by atoms with Crippen LogP contribution in [0.4, 0.5) is 0 Å². The number of carbonyl (C=O) groups is 2. The van der Waals surface area contributed by atoms with E-state index in [4.69, 9.17) is 12.2 Å². The molecule has 126 valence electrons. The van der Waals surface area contributed by atoms with Crippen LogP contribution in [0.3, 0.4) is 0 Å². The molecule has 0 spiro atoms. The quantitative estimate of drug-likeness (QED) is 0.306. The van der Waals surface area contributed by atoms with Gasteiger partial charge in [0.2, 0.25) is 16.7 Å². The molecule has 0 aromatic rings. The van der Waals surface area contributed by atoms with Crippen LogP contribution in [0.15, 0.2) is 34.4 Å². The Balaban J connectivity index is 2.15. The van der Waals surface area contributed by atoms with Crippen molar-refractivity contribution in [3.63, 3.8) is 0 Å². The van der Waals surface area contributed by atoms with Crippen molar-refractivity contribution in [3.05, 3.63) is 34.7 Å². The van der Waals surface area contributed by atoms with Crippen LogP contribution in [-0.2, 0) is 9.59 Å². The maximum atomic E-state index is 12.4. The van der Waals surface area contributed by atoms with Gasteiger partial charge in [-0.2, -0.15) is 15.0 Å². The Morgan fingerprint density at radius 2 is 2.00 bits per heavy atom. The Hall–Kier alpha value is -3.08. The number of allylic oxidation sites excluding steroid dienone is 4. The molecule has 1 aliphatic heterocycles. The number of nitrogens with zero attached hydrogens (tertiary/aromatic N) is 4. The molecule has 0 bridgehead atoms. The number of hydrogen-bond donors (Lipinski definition) is 2. The lowest BCUT2D eigenvalue weighted by molar-refractivity contribution is -0.377. The predicted octanol–water partition coefficient (Wildman–Crippen LogP) is -0.485. The van der Waals surface area contributed by atoms with Crippen molar-refractivity contribution in [2.24, 2.45) is 10.1 Å². The third-order valence-corrected chi connectivity index (χ3v) is 3.27. The van der Waals surface area contributed by atoms with Gasteiger partial charge in [-0.1, -0.05) is 0 Å². The number of carbonyl (C=O) groups excluding carboxylic acids is 2. The minimum absolute atomic E-state index is 0.0670. The number of aliphatic imine (C=N–C) groups is 1. The number of amides is 2. The summed E-state index contributed by atoms with van der Waals surface area (Å²) in [4.78, 5) is 27.0. The van der Waals surface area contributed by atoms with Gasteiger partial charge in [0, 0.05) is 19.1 Å². The summed E-state index contributed by atoms with van der Waals surface area (Å²) >= 11 is 4.95. The summed E-state index contributed by atoms with van der Waals surface area (Å²) in [6.45, 7) is 2.84. The van der Waals surface area contributed by atoms with Gasteiger partial charge in [0.1, 0.15) is 0 Å². The molecule has 2 rings (SSSR count). The van der Waals surface area contributed by atoms with E-state index in [0.29, 0.717) is 11.4 Å². The molecule has 0 saturated carbocycles. The summed E-state index contributed by atoms with van der Waals surface area (Å²) in [5.74, 6) is -1.00. The van der Waals surface area contributed by atoms with Crippen LogP contribution in [-0.4, -0.2) is 50.0 Å². The minimum atomic E-state index is -0.918. The maximum absolute atomic E-state index is 12.4. The third kappa shape index (κ3) is 3.81. The van der Waals surface area contributed by atoms with E-state index in [-0.39, 0.29) is 10.8 Å². The van der Waals surface area contributed by atoms with Crippen LogP contribution in [0, 0.1) is 10.4 Å². The summed E-state index contributed by atoms with van der Waals surface area (Å²) in [5, 5.41) is 26.0. The smallest absolute Gasteiger partial charge is 0.277 e. The first kappa shape index (κ1) is 17.3. The SMILES string of the molecule is CC(=O)NN1C(=O)[C@@H](NN=C2C=CC(=[N+]([O-])[O-])C=C2)C(C)=NC1=S. The Morgan fingerprint density at radius 3 is 2.54 bits per heavy atom. The number of rotatable bonds is 3. The van der Waals surface area contributed by atoms with E-state index < -0.39 is 22.8 Å². The summed E-state index contributed by atoms with van der Waals surface area (Å²) < 4.78 is 0. The Labute approximate surface area is 142 Å². The summed E-state index contributed by atoms with van der Waals surface area (Å²) in [6.07, 6.45) is 5.45. The van der Waals surface area contributed by atoms with Crippen LogP contribution in [0.25, 0.3) is 0 Å². The standard InChI is InChI=1S/C13H13N6O4S/c1-7-11(12(21)18(13(24)14-7)17-8(2)20)16-15-9-3-5-10(6-4-9)19(22)23/h3-6,11,16H,1-2H3,(H-,15,17,20,22,23)/q-1/t11-/m0/s1. The van der Waals surface area contributed by atoms with E-state index in [9.17, 15) is 20.0 Å². The van der Waals surface area contributed by atoms with Crippen LogP contribution in [0.2, 0.25) is 0 Å². The van der Waals surface area contributed by atoms with Gasteiger partial charge in [-0.15, -0.1) is 0 Å². The van der Waals surface area contributed by atoms with Crippen molar-refractivity contribution in [3.8, 4) is 0 Å². The van der Waals surface area contributed by atoms with Crippen LogP contribution in [0.5, 0.6) is 0 Å². The predicted molar refractivity (Wildman–Crippen MR) is 91.0 cm³/mol. The van der Waals surface area contributed by atoms with Gasteiger partial charge < -0.3 is 10.4 Å². The topological polar surface area (TPSA) is 135 Å². The lowest BCUT2D eigenvalue weighted by Gasteiger charge is -2.29. The van der Waals surface area contributed by atoms with E-state index >= 15 is 0 Å². The molecular weight excluding hydrogens is 336 g/mol. The van der Waals surface area contributed by atoms with E-state index in [1.807, 2.05) is 0 Å². The highest BCUT2D eigenvalue weighted by molar-refractivity contribution is 7.80. The van der Waals surface area contributed by atoms with Crippen molar-refractivity contribution in [1.29, 1.82) is 0 Å². The van der Waals surface area contributed by atoms with Crippen molar-refractivity contribution in [2.45, 2.75) is 19.9 Å². The summed E-state index contributed by atoms with van der Waals surface area (Å²) in [6, 6.07) is -0.918. The molecule has 0 fully saturated rings. The first-order valence-corrected chi connectivity index (χ1v) is 7.11. The first-order chi connectivity index (χ1) is 11.3. The fraction of sp³-hybridized carbons (Fsp3) is 0.231. The molecule has 2 aliphatic rings. The highest BCUT2D eigenvalue weighted by atomic mass is 32.1. The lowest BCUT2D eigenvalue weighted by atomic mass is 10.1. The highest BCUT2D eigenvalue weighted by Crippen LogP contribution is 2.07. The highest BCUT2D eigenvalue weighted by Gasteiger charge is 2.34. The average Bonchev–Trinajstić information content (AvgIpc) is 2.51. The number of hydrazine groups is 1. The molecule has 11 heteroatoms. The van der Waals surface area contributed by atoms with Gasteiger partial charge in [-0.3, -0.25) is 20.4 Å². The number of thiocarbonyl (C=S) groups is 1. The molecule has 10 nitrogen and oxygen atoms in total. The van der Waals surface area contributed by atoms with E-state index in [1.165, 1.54) is 31.2 Å². The van der Waals surface area contributed by atoms with Crippen LogP contribution in [0.1, 0.15) is 13.8 Å². The second-order valence-electron chi connectivity index (χ2n) is 4.82. The average molecular weight is 349 g/mol. The third-order valence-electron chi connectivity index (χ3n) is 3.00. The second-order valence-corrected chi connectivity index (χ2v) is 5.19. The molecule has 0 aromatic heterocycles. The van der Waals surface area contributed by atoms with Crippen molar-refractivity contribution in [2.75, 3.05) is 0 Å². The van der Waals surface area contributed by atoms with Crippen molar-refractivity contribution in [1.82, 2.24) is 15.9 Å². The zero-order chi connectivity index (χ0) is 17.9. The number of hydrogen-bond acceptors (Lipinski definition) is 7. The van der Waals surface area contributed by atoms with Gasteiger partial charge in [0.05, 0.1) is 11.4 Å². The van der Waals surface area contributed by atoms with Gasteiger partial charge in [0.25, 0.3) is 5.91 Å². The van der Waals surface area contributed by atoms with E-state index in [1.54, 1.807) is 6.92 Å². The Kier molecular flexibility index (Phi) is 5.04. The molecule has 1 heterocycles. The largest absolute Gasteiger partial charge is 0.612 e. The molecule has 0 radical (unpaired) electrons. The van der Waals surface area contributed by atoms with Gasteiger partial charge >= 0.3 is 0 Å². The van der Waals surface area contributed by atoms with Gasteiger partial charge in [0.15, 0.2) is 6.04 Å². The normalized spacial score (nSPS) is 20.0. The Morgan fingerprint density at radius 1 is 1.38 bits per heavy atom. The summed E-state index contributed by atoms with van der Waals surface area (Å²) in [7, 11) is 0. The maximum Gasteiger partial charge on any atom is 0.277 e. The molecule has 0 aromatic carbocycles. The molecule has 2 amide bonds.